The van der Waals surface area contributed by atoms with Crippen molar-refractivity contribution in [1.82, 2.24) is 14.9 Å². The smallest absolute Gasteiger partial charge is 0.351 e. The van der Waals surface area contributed by atoms with E-state index in [4.69, 9.17) is 0 Å². The van der Waals surface area contributed by atoms with Crippen LogP contribution in [0.4, 0.5) is 13.2 Å². The van der Waals surface area contributed by atoms with Gasteiger partial charge in [0.15, 0.2) is 0 Å². The molecule has 0 bridgehead atoms. The van der Waals surface area contributed by atoms with E-state index in [1.54, 1.807) is 41.3 Å². The van der Waals surface area contributed by atoms with Crippen LogP contribution in [-0.4, -0.2) is 14.9 Å². The summed E-state index contributed by atoms with van der Waals surface area (Å²) in [6.07, 6.45) is -1.09. The first kappa shape index (κ1) is 13.4. The lowest BCUT2D eigenvalue weighted by Gasteiger charge is -2.07. The molecular formula is C14H10F3N3O. The van der Waals surface area contributed by atoms with Gasteiger partial charge in [0.2, 0.25) is 5.76 Å². The van der Waals surface area contributed by atoms with Crippen molar-refractivity contribution >= 4 is 0 Å². The Kier molecular flexibility index (Phi) is 3.04. The maximum atomic E-state index is 12.5. The molecule has 0 aliphatic rings. The second-order valence-electron chi connectivity index (χ2n) is 4.53. The second-order valence-corrected chi connectivity index (χ2v) is 4.53. The van der Waals surface area contributed by atoms with Crippen LogP contribution in [0.25, 0.3) is 16.9 Å². The molecule has 0 aliphatic carbocycles. The van der Waals surface area contributed by atoms with Crippen LogP contribution in [0.3, 0.4) is 0 Å². The van der Waals surface area contributed by atoms with E-state index in [0.29, 0.717) is 5.56 Å². The Balaban J connectivity index is 1.97. The van der Waals surface area contributed by atoms with E-state index in [1.165, 1.54) is 0 Å². The average molecular weight is 293 g/mol. The van der Waals surface area contributed by atoms with Crippen LogP contribution in [0.1, 0.15) is 11.3 Å². The Morgan fingerprint density at radius 3 is 2.57 bits per heavy atom. The summed E-state index contributed by atoms with van der Waals surface area (Å²) in [6, 6.07) is 7.89. The highest BCUT2D eigenvalue weighted by Gasteiger charge is 2.36. The first-order valence-electron chi connectivity index (χ1n) is 6.10. The van der Waals surface area contributed by atoms with Crippen molar-refractivity contribution in [2.24, 2.45) is 0 Å². The topological polar surface area (TPSA) is 43.9 Å². The molecule has 21 heavy (non-hydrogen) atoms. The number of rotatable bonds is 2. The Hall–Kier alpha value is -2.57. The number of aryl methyl sites for hydroxylation is 1. The summed E-state index contributed by atoms with van der Waals surface area (Å²) in [5, 5.41) is 7.59. The van der Waals surface area contributed by atoms with Crippen molar-refractivity contribution in [2.75, 3.05) is 0 Å². The van der Waals surface area contributed by atoms with Gasteiger partial charge in [-0.2, -0.15) is 18.3 Å². The summed E-state index contributed by atoms with van der Waals surface area (Å²) in [7, 11) is 0. The maximum absolute atomic E-state index is 12.5. The van der Waals surface area contributed by atoms with Gasteiger partial charge in [0.05, 0.1) is 5.69 Å². The first-order valence-corrected chi connectivity index (χ1v) is 6.10. The molecular weight excluding hydrogens is 283 g/mol. The van der Waals surface area contributed by atoms with Gasteiger partial charge in [0.25, 0.3) is 0 Å². The third-order valence-corrected chi connectivity index (χ3v) is 3.03. The molecule has 1 aromatic carbocycles. The molecule has 108 valence electrons. The molecule has 0 radical (unpaired) electrons. The number of hydrogen-bond acceptors (Lipinski definition) is 3. The van der Waals surface area contributed by atoms with Gasteiger partial charge in [0, 0.05) is 24.0 Å². The molecule has 4 nitrogen and oxygen atoms in total. The molecule has 2 aromatic heterocycles. The summed E-state index contributed by atoms with van der Waals surface area (Å²) in [4.78, 5) is 0. The Morgan fingerprint density at radius 2 is 2.00 bits per heavy atom. The van der Waals surface area contributed by atoms with Gasteiger partial charge in [-0.05, 0) is 30.7 Å². The van der Waals surface area contributed by atoms with Crippen LogP contribution < -0.4 is 0 Å². The van der Waals surface area contributed by atoms with Gasteiger partial charge >= 0.3 is 6.18 Å². The zero-order valence-corrected chi connectivity index (χ0v) is 10.9. The normalized spacial score (nSPS) is 11.8. The molecule has 0 N–H and O–H groups in total. The van der Waals surface area contributed by atoms with Crippen LogP contribution in [0.5, 0.6) is 0 Å². The molecule has 7 heteroatoms. The van der Waals surface area contributed by atoms with Crippen LogP contribution in [-0.2, 0) is 6.18 Å². The molecule has 0 aliphatic heterocycles. The minimum atomic E-state index is -4.53. The molecule has 0 unspecified atom stereocenters. The maximum Gasteiger partial charge on any atom is 0.452 e. The molecule has 0 spiro atoms. The van der Waals surface area contributed by atoms with E-state index in [0.717, 1.165) is 17.3 Å². The van der Waals surface area contributed by atoms with E-state index < -0.39 is 11.9 Å². The fourth-order valence-electron chi connectivity index (χ4n) is 2.03. The lowest BCUT2D eigenvalue weighted by molar-refractivity contribution is -0.155. The van der Waals surface area contributed by atoms with E-state index >= 15 is 0 Å². The van der Waals surface area contributed by atoms with Crippen molar-refractivity contribution < 1.29 is 17.7 Å². The minimum absolute atomic E-state index is 0.150. The largest absolute Gasteiger partial charge is 0.452 e. The number of halogens is 3. The first-order chi connectivity index (χ1) is 9.95. The van der Waals surface area contributed by atoms with E-state index in [9.17, 15) is 13.2 Å². The third kappa shape index (κ3) is 2.54. The standard InChI is InChI=1S/C14H10F3N3O/c1-9-7-10(3-4-12(9)20-6-2-5-18-20)11-8-13(21-19-11)14(15,16)17/h2-8H,1H3. The summed E-state index contributed by atoms with van der Waals surface area (Å²) < 4.78 is 43.5. The van der Waals surface area contributed by atoms with Gasteiger partial charge in [-0.1, -0.05) is 11.2 Å². The summed E-state index contributed by atoms with van der Waals surface area (Å²) in [6.45, 7) is 1.85. The van der Waals surface area contributed by atoms with Gasteiger partial charge < -0.3 is 4.52 Å². The van der Waals surface area contributed by atoms with E-state index in [-0.39, 0.29) is 5.69 Å². The second kappa shape index (κ2) is 4.76. The van der Waals surface area contributed by atoms with E-state index in [1.807, 2.05) is 6.92 Å². The van der Waals surface area contributed by atoms with Gasteiger partial charge in [-0.3, -0.25) is 0 Å². The van der Waals surface area contributed by atoms with Crippen molar-refractivity contribution in [3.05, 3.63) is 54.0 Å². The fraction of sp³-hybridized carbons (Fsp3) is 0.143. The number of hydrogen-bond donors (Lipinski definition) is 0. The highest BCUT2D eigenvalue weighted by Crippen LogP contribution is 2.32. The van der Waals surface area contributed by atoms with Crippen molar-refractivity contribution in [3.8, 4) is 16.9 Å². The predicted octanol–water partition coefficient (Wildman–Crippen LogP) is 3.85. The van der Waals surface area contributed by atoms with Gasteiger partial charge in [0.1, 0.15) is 5.69 Å². The summed E-state index contributed by atoms with van der Waals surface area (Å²) in [5.74, 6) is -1.11. The molecule has 0 saturated heterocycles. The zero-order valence-electron chi connectivity index (χ0n) is 10.9. The molecule has 0 amide bonds. The van der Waals surface area contributed by atoms with Crippen LogP contribution in [0, 0.1) is 6.92 Å². The highest BCUT2D eigenvalue weighted by atomic mass is 19.4. The van der Waals surface area contributed by atoms with Gasteiger partial charge in [-0.15, -0.1) is 0 Å². The Labute approximate surface area is 117 Å². The molecule has 0 saturated carbocycles. The van der Waals surface area contributed by atoms with Crippen LogP contribution >= 0.6 is 0 Å². The molecule has 3 rings (SSSR count). The molecule has 2 heterocycles. The van der Waals surface area contributed by atoms with Gasteiger partial charge in [-0.25, -0.2) is 4.68 Å². The molecule has 0 atom stereocenters. The number of nitrogens with zero attached hydrogens (tertiary/aromatic N) is 3. The SMILES string of the molecule is Cc1cc(-c2cc(C(F)(F)F)on2)ccc1-n1cccn1. The molecule has 0 fully saturated rings. The Bertz CT molecular complexity index is 760. The predicted molar refractivity (Wildman–Crippen MR) is 68.8 cm³/mol. The van der Waals surface area contributed by atoms with Crippen LogP contribution in [0.15, 0.2) is 47.2 Å². The minimum Gasteiger partial charge on any atom is -0.351 e. The monoisotopic (exact) mass is 293 g/mol. The Morgan fingerprint density at radius 1 is 1.19 bits per heavy atom. The van der Waals surface area contributed by atoms with Crippen molar-refractivity contribution in [3.63, 3.8) is 0 Å². The summed E-state index contributed by atoms with van der Waals surface area (Å²) in [5.41, 5.74) is 2.43. The number of aromatic nitrogens is 3. The summed E-state index contributed by atoms with van der Waals surface area (Å²) >= 11 is 0. The van der Waals surface area contributed by atoms with E-state index in [2.05, 4.69) is 14.8 Å². The third-order valence-electron chi connectivity index (χ3n) is 3.03. The fourth-order valence-corrected chi connectivity index (χ4v) is 2.03. The quantitative estimate of drug-likeness (QED) is 0.720. The van der Waals surface area contributed by atoms with Crippen LogP contribution in [0.2, 0.25) is 0 Å². The zero-order chi connectivity index (χ0) is 15.0. The number of benzene rings is 1. The average Bonchev–Trinajstić information content (AvgIpc) is 3.09. The van der Waals surface area contributed by atoms with Crippen molar-refractivity contribution in [2.45, 2.75) is 13.1 Å². The number of alkyl halides is 3. The lowest BCUT2D eigenvalue weighted by atomic mass is 10.1. The molecule has 3 aromatic rings. The van der Waals surface area contributed by atoms with Crippen molar-refractivity contribution in [1.29, 1.82) is 0 Å². The lowest BCUT2D eigenvalue weighted by Crippen LogP contribution is -2.02. The highest BCUT2D eigenvalue weighted by molar-refractivity contribution is 5.63.